The highest BCUT2D eigenvalue weighted by atomic mass is 16.3. The van der Waals surface area contributed by atoms with Crippen molar-refractivity contribution < 1.29 is 5.11 Å². The van der Waals surface area contributed by atoms with Gasteiger partial charge in [0.05, 0.1) is 6.61 Å². The Balaban J connectivity index is 3.93. The summed E-state index contributed by atoms with van der Waals surface area (Å²) < 4.78 is 0. The number of hydrogen-bond acceptors (Lipinski definition) is 3. The predicted octanol–water partition coefficient (Wildman–Crippen LogP) is 1.06. The van der Waals surface area contributed by atoms with Crippen molar-refractivity contribution in [2.24, 2.45) is 11.1 Å². The number of nitrogens with zero attached hydrogens (tertiary/aromatic N) is 1. The highest BCUT2D eigenvalue weighted by molar-refractivity contribution is 4.73. The van der Waals surface area contributed by atoms with Crippen molar-refractivity contribution in [2.75, 3.05) is 26.2 Å². The number of nitrogens with two attached hydrogens (primary N) is 1. The normalized spacial score (nSPS) is 12.9. The van der Waals surface area contributed by atoms with E-state index in [0.717, 1.165) is 26.1 Å². The van der Waals surface area contributed by atoms with E-state index in [1.54, 1.807) is 0 Å². The summed E-state index contributed by atoms with van der Waals surface area (Å²) in [7, 11) is 0. The Labute approximate surface area is 88.3 Å². The van der Waals surface area contributed by atoms with Gasteiger partial charge in [-0.25, -0.2) is 0 Å². The van der Waals surface area contributed by atoms with E-state index >= 15 is 0 Å². The molecule has 0 heterocycles. The molecule has 0 radical (unpaired) electrons. The van der Waals surface area contributed by atoms with Gasteiger partial charge in [0.15, 0.2) is 0 Å². The lowest BCUT2D eigenvalue weighted by atomic mass is 9.89. The van der Waals surface area contributed by atoms with Crippen LogP contribution < -0.4 is 5.73 Å². The predicted molar refractivity (Wildman–Crippen MR) is 61.2 cm³/mol. The summed E-state index contributed by atoms with van der Waals surface area (Å²) in [6.45, 7) is 11.4. The van der Waals surface area contributed by atoms with Gasteiger partial charge >= 0.3 is 0 Å². The lowest BCUT2D eigenvalue weighted by Gasteiger charge is -2.30. The first-order chi connectivity index (χ1) is 6.43. The summed E-state index contributed by atoms with van der Waals surface area (Å²) in [6, 6.07) is 0.496. The Hall–Kier alpha value is -0.120. The molecule has 0 rings (SSSR count). The van der Waals surface area contributed by atoms with Crippen LogP contribution in [0, 0.1) is 5.41 Å². The second kappa shape index (κ2) is 6.38. The van der Waals surface area contributed by atoms with Gasteiger partial charge in [-0.05, 0) is 38.8 Å². The van der Waals surface area contributed by atoms with E-state index in [4.69, 9.17) is 10.8 Å². The van der Waals surface area contributed by atoms with Crippen LogP contribution in [0.1, 0.15) is 34.1 Å². The largest absolute Gasteiger partial charge is 0.395 e. The number of aliphatic hydroxyl groups is 1. The van der Waals surface area contributed by atoms with Gasteiger partial charge in [0.2, 0.25) is 0 Å². The van der Waals surface area contributed by atoms with Crippen molar-refractivity contribution in [1.82, 2.24) is 4.90 Å². The second-order valence-corrected chi connectivity index (χ2v) is 4.97. The number of hydrogen-bond donors (Lipinski definition) is 2. The van der Waals surface area contributed by atoms with Crippen molar-refractivity contribution in [3.63, 3.8) is 0 Å². The topological polar surface area (TPSA) is 49.5 Å². The quantitative estimate of drug-likeness (QED) is 0.649. The lowest BCUT2D eigenvalue weighted by Crippen LogP contribution is -2.37. The van der Waals surface area contributed by atoms with Crippen LogP contribution in [0.5, 0.6) is 0 Å². The highest BCUT2D eigenvalue weighted by Gasteiger charge is 2.18. The van der Waals surface area contributed by atoms with Gasteiger partial charge < -0.3 is 10.8 Å². The average molecular weight is 202 g/mol. The summed E-state index contributed by atoms with van der Waals surface area (Å²) in [5.74, 6) is 0. The van der Waals surface area contributed by atoms with Crippen LogP contribution in [-0.2, 0) is 0 Å². The van der Waals surface area contributed by atoms with Crippen LogP contribution in [0.15, 0.2) is 0 Å². The minimum Gasteiger partial charge on any atom is -0.395 e. The van der Waals surface area contributed by atoms with E-state index in [1.807, 2.05) is 0 Å². The standard InChI is InChI=1S/C11H26N2O/c1-10(2)13(7-8-14)6-5-11(3,4)9-12/h10,14H,5-9,12H2,1-4H3. The molecule has 0 atom stereocenters. The van der Waals surface area contributed by atoms with E-state index in [2.05, 4.69) is 32.6 Å². The molecule has 0 aliphatic rings. The Bertz CT molecular complexity index is 146. The maximum absolute atomic E-state index is 8.91. The SMILES string of the molecule is CC(C)N(CCO)CCC(C)(C)CN. The molecule has 14 heavy (non-hydrogen) atoms. The molecule has 3 nitrogen and oxygen atoms in total. The molecule has 0 aliphatic carbocycles. The van der Waals surface area contributed by atoms with Crippen molar-refractivity contribution >= 4 is 0 Å². The lowest BCUT2D eigenvalue weighted by molar-refractivity contribution is 0.146. The first-order valence-electron chi connectivity index (χ1n) is 5.48. The highest BCUT2D eigenvalue weighted by Crippen LogP contribution is 2.18. The molecule has 0 saturated carbocycles. The van der Waals surface area contributed by atoms with Crippen LogP contribution >= 0.6 is 0 Å². The Kier molecular flexibility index (Phi) is 6.33. The van der Waals surface area contributed by atoms with E-state index in [9.17, 15) is 0 Å². The molecule has 0 saturated heterocycles. The van der Waals surface area contributed by atoms with Crippen molar-refractivity contribution in [2.45, 2.75) is 40.2 Å². The van der Waals surface area contributed by atoms with E-state index < -0.39 is 0 Å². The van der Waals surface area contributed by atoms with Gasteiger partial charge in [-0.15, -0.1) is 0 Å². The minimum atomic E-state index is 0.211. The molecular weight excluding hydrogens is 176 g/mol. The maximum atomic E-state index is 8.91. The molecule has 0 fully saturated rings. The zero-order chi connectivity index (χ0) is 11.2. The van der Waals surface area contributed by atoms with Gasteiger partial charge in [0.1, 0.15) is 0 Å². The average Bonchev–Trinajstić information content (AvgIpc) is 2.12. The van der Waals surface area contributed by atoms with E-state index in [0.29, 0.717) is 6.04 Å². The first kappa shape index (κ1) is 13.9. The maximum Gasteiger partial charge on any atom is 0.0558 e. The van der Waals surface area contributed by atoms with Crippen LogP contribution in [0.25, 0.3) is 0 Å². The molecule has 3 heteroatoms. The van der Waals surface area contributed by atoms with Crippen LogP contribution in [-0.4, -0.2) is 42.3 Å². The molecule has 3 N–H and O–H groups in total. The minimum absolute atomic E-state index is 0.211. The molecule has 0 aromatic carbocycles. The first-order valence-corrected chi connectivity index (χ1v) is 5.48. The van der Waals surface area contributed by atoms with Gasteiger partial charge in [-0.3, -0.25) is 4.90 Å². The van der Waals surface area contributed by atoms with E-state index in [-0.39, 0.29) is 12.0 Å². The molecule has 0 aromatic heterocycles. The fourth-order valence-corrected chi connectivity index (χ4v) is 1.30. The molecule has 0 amide bonds. The zero-order valence-electron chi connectivity index (χ0n) is 10.1. The summed E-state index contributed by atoms with van der Waals surface area (Å²) >= 11 is 0. The van der Waals surface area contributed by atoms with Gasteiger partial charge in [0.25, 0.3) is 0 Å². The smallest absolute Gasteiger partial charge is 0.0558 e. The third-order valence-corrected chi connectivity index (χ3v) is 2.75. The van der Waals surface area contributed by atoms with Crippen LogP contribution in [0.3, 0.4) is 0 Å². The van der Waals surface area contributed by atoms with Crippen molar-refractivity contribution in [3.8, 4) is 0 Å². The second-order valence-electron chi connectivity index (χ2n) is 4.97. The molecule has 0 aliphatic heterocycles. The van der Waals surface area contributed by atoms with Crippen LogP contribution in [0.4, 0.5) is 0 Å². The Morgan fingerprint density at radius 2 is 1.86 bits per heavy atom. The number of aliphatic hydroxyl groups excluding tert-OH is 1. The van der Waals surface area contributed by atoms with Gasteiger partial charge in [0, 0.05) is 12.6 Å². The molecule has 86 valence electrons. The van der Waals surface area contributed by atoms with E-state index in [1.165, 1.54) is 0 Å². The summed E-state index contributed by atoms with van der Waals surface area (Å²) in [4.78, 5) is 2.29. The van der Waals surface area contributed by atoms with Gasteiger partial charge in [-0.1, -0.05) is 13.8 Å². The van der Waals surface area contributed by atoms with Crippen LogP contribution in [0.2, 0.25) is 0 Å². The third kappa shape index (κ3) is 5.58. The monoisotopic (exact) mass is 202 g/mol. The summed E-state index contributed by atoms with van der Waals surface area (Å²) in [5, 5.41) is 8.91. The summed E-state index contributed by atoms with van der Waals surface area (Å²) in [6.07, 6.45) is 1.08. The Morgan fingerprint density at radius 3 is 2.21 bits per heavy atom. The summed E-state index contributed by atoms with van der Waals surface area (Å²) in [5.41, 5.74) is 5.89. The zero-order valence-corrected chi connectivity index (χ0v) is 10.1. The fraction of sp³-hybridized carbons (Fsp3) is 1.00. The Morgan fingerprint density at radius 1 is 1.29 bits per heavy atom. The molecule has 0 bridgehead atoms. The molecular formula is C11H26N2O. The number of rotatable bonds is 7. The third-order valence-electron chi connectivity index (χ3n) is 2.75. The van der Waals surface area contributed by atoms with Crippen molar-refractivity contribution in [1.29, 1.82) is 0 Å². The van der Waals surface area contributed by atoms with Gasteiger partial charge in [-0.2, -0.15) is 0 Å². The molecule has 0 spiro atoms. The fourth-order valence-electron chi connectivity index (χ4n) is 1.30. The molecule has 0 unspecified atom stereocenters. The van der Waals surface area contributed by atoms with Crippen molar-refractivity contribution in [3.05, 3.63) is 0 Å². The molecule has 0 aromatic rings.